The van der Waals surface area contributed by atoms with E-state index in [4.69, 9.17) is 4.55 Å². The Kier molecular flexibility index (Phi) is 7.39. The van der Waals surface area contributed by atoms with E-state index in [9.17, 15) is 26.4 Å². The third-order valence-electron chi connectivity index (χ3n) is 3.54. The van der Waals surface area contributed by atoms with E-state index in [1.165, 1.54) is 24.0 Å². The maximum Gasteiger partial charge on any atom is 0.522 e. The van der Waals surface area contributed by atoms with Crippen molar-refractivity contribution in [2.24, 2.45) is 0 Å². The lowest BCUT2D eigenvalue weighted by Gasteiger charge is -2.23. The normalized spacial score (nSPS) is 17.8. The molecule has 1 aromatic rings. The number of benzene rings is 1. The fourth-order valence-corrected chi connectivity index (χ4v) is 2.80. The average molecular weight is 383 g/mol. The maximum absolute atomic E-state index is 11.7. The zero-order chi connectivity index (χ0) is 19.3. The summed E-state index contributed by atoms with van der Waals surface area (Å²) in [6.07, 6.45) is -3.29. The lowest BCUT2D eigenvalue weighted by Crippen LogP contribution is -2.38. The van der Waals surface area contributed by atoms with Crippen LogP contribution in [0, 0.1) is 6.92 Å². The molecule has 1 aliphatic heterocycles. The first kappa shape index (κ1) is 21.4. The summed E-state index contributed by atoms with van der Waals surface area (Å²) in [5.74, 6) is -0.196. The van der Waals surface area contributed by atoms with Crippen molar-refractivity contribution in [1.29, 1.82) is 0 Å². The molecule has 0 aromatic heterocycles. The Bertz CT molecular complexity index is 673. The number of hydrogen-bond donors (Lipinski definition) is 1. The lowest BCUT2D eigenvalue weighted by atomic mass is 10.2. The van der Waals surface area contributed by atoms with E-state index < -0.39 is 29.1 Å². The summed E-state index contributed by atoms with van der Waals surface area (Å²) in [4.78, 5) is 12.3. The summed E-state index contributed by atoms with van der Waals surface area (Å²) in [5.41, 5.74) is 0.956. The molecular weight excluding hydrogens is 363 g/mol. The highest BCUT2D eigenvalue weighted by Gasteiger charge is 2.34. The molecule has 0 saturated carbocycles. The summed E-state index contributed by atoms with van der Waals surface area (Å²) < 4.78 is 68.4. The molecule has 2 rings (SSSR count). The number of amides is 1. The molecule has 1 atom stereocenters. The van der Waals surface area contributed by atoms with Crippen molar-refractivity contribution in [2.75, 3.05) is 13.2 Å². The van der Waals surface area contributed by atoms with Crippen LogP contribution in [-0.4, -0.2) is 49.3 Å². The minimum atomic E-state index is -4.61. The fraction of sp³-hybridized carbons (Fsp3) is 0.533. The quantitative estimate of drug-likeness (QED) is 0.812. The van der Waals surface area contributed by atoms with Crippen molar-refractivity contribution < 1.29 is 35.7 Å². The molecule has 6 nitrogen and oxygen atoms in total. The van der Waals surface area contributed by atoms with Gasteiger partial charge in [-0.05, 0) is 31.9 Å². The first-order valence-corrected chi connectivity index (χ1v) is 8.86. The van der Waals surface area contributed by atoms with Gasteiger partial charge in [0.25, 0.3) is 10.1 Å². The zero-order valence-electron chi connectivity index (χ0n) is 13.8. The van der Waals surface area contributed by atoms with E-state index in [0.717, 1.165) is 12.0 Å². The SMILES string of the molecule is CC(=O)N1CCC[C@H]1COC(F)(F)F.Cc1ccc(S(=O)(=O)O)cc1. The van der Waals surface area contributed by atoms with Crippen molar-refractivity contribution >= 4 is 16.0 Å². The van der Waals surface area contributed by atoms with Crippen LogP contribution >= 0.6 is 0 Å². The Balaban J connectivity index is 0.000000257. The summed E-state index contributed by atoms with van der Waals surface area (Å²) in [6, 6.07) is 5.57. The largest absolute Gasteiger partial charge is 0.522 e. The third-order valence-corrected chi connectivity index (χ3v) is 4.41. The lowest BCUT2D eigenvalue weighted by molar-refractivity contribution is -0.327. The van der Waals surface area contributed by atoms with Crippen molar-refractivity contribution in [1.82, 2.24) is 4.90 Å². The number of hydrogen-bond acceptors (Lipinski definition) is 4. The molecule has 1 aliphatic rings. The van der Waals surface area contributed by atoms with Crippen LogP contribution in [-0.2, 0) is 19.6 Å². The van der Waals surface area contributed by atoms with Gasteiger partial charge in [-0.15, -0.1) is 13.2 Å². The topological polar surface area (TPSA) is 83.9 Å². The Morgan fingerprint density at radius 2 is 1.88 bits per heavy atom. The number of carbonyl (C=O) groups is 1. The first-order chi connectivity index (χ1) is 11.4. The Labute approximate surface area is 144 Å². The van der Waals surface area contributed by atoms with Crippen LogP contribution in [0.5, 0.6) is 0 Å². The monoisotopic (exact) mass is 383 g/mol. The van der Waals surface area contributed by atoms with Crippen LogP contribution in [0.4, 0.5) is 13.2 Å². The van der Waals surface area contributed by atoms with Crippen molar-refractivity contribution in [3.63, 3.8) is 0 Å². The number of likely N-dealkylation sites (tertiary alicyclic amines) is 1. The number of alkyl halides is 3. The highest BCUT2D eigenvalue weighted by Crippen LogP contribution is 2.22. The molecule has 142 valence electrons. The van der Waals surface area contributed by atoms with Crippen LogP contribution in [0.3, 0.4) is 0 Å². The van der Waals surface area contributed by atoms with Gasteiger partial charge in [0.1, 0.15) is 0 Å². The second-order valence-electron chi connectivity index (χ2n) is 5.55. The predicted octanol–water partition coefficient (Wildman–Crippen LogP) is 2.78. The molecule has 0 spiro atoms. The zero-order valence-corrected chi connectivity index (χ0v) is 14.6. The van der Waals surface area contributed by atoms with E-state index in [2.05, 4.69) is 4.74 Å². The van der Waals surface area contributed by atoms with Gasteiger partial charge in [-0.25, -0.2) is 0 Å². The smallest absolute Gasteiger partial charge is 0.338 e. The van der Waals surface area contributed by atoms with Crippen molar-refractivity contribution in [3.8, 4) is 0 Å². The fourth-order valence-electron chi connectivity index (χ4n) is 2.32. The van der Waals surface area contributed by atoms with Crippen molar-refractivity contribution in [2.45, 2.75) is 44.0 Å². The van der Waals surface area contributed by atoms with Gasteiger partial charge in [0.2, 0.25) is 5.91 Å². The van der Waals surface area contributed by atoms with Crippen LogP contribution in [0.15, 0.2) is 29.2 Å². The molecule has 0 aliphatic carbocycles. The minimum absolute atomic E-state index is 0.0666. The Hall–Kier alpha value is -1.65. The van der Waals surface area contributed by atoms with Gasteiger partial charge in [-0.1, -0.05) is 17.7 Å². The molecule has 10 heteroatoms. The van der Waals surface area contributed by atoms with Gasteiger partial charge in [-0.2, -0.15) is 8.42 Å². The second kappa shape index (κ2) is 8.63. The number of rotatable bonds is 3. The standard InChI is InChI=1S/C8H12F3NO2.C7H8O3S/c1-6(13)12-4-2-3-7(12)5-14-8(9,10)11;1-6-2-4-7(5-3-6)11(8,9)10/h7H,2-5H2,1H3;2-5H,1H3,(H,8,9,10)/t7-;/m0./s1. The minimum Gasteiger partial charge on any atom is -0.338 e. The molecule has 0 radical (unpaired) electrons. The molecule has 0 bridgehead atoms. The average Bonchev–Trinajstić information content (AvgIpc) is 2.93. The molecule has 1 aromatic carbocycles. The van der Waals surface area contributed by atoms with Gasteiger partial charge in [0, 0.05) is 13.5 Å². The van der Waals surface area contributed by atoms with Gasteiger partial charge < -0.3 is 4.90 Å². The Morgan fingerprint density at radius 1 is 1.32 bits per heavy atom. The number of halogens is 3. The molecule has 0 unspecified atom stereocenters. The summed E-state index contributed by atoms with van der Waals surface area (Å²) in [5, 5.41) is 0. The van der Waals surface area contributed by atoms with E-state index >= 15 is 0 Å². The van der Waals surface area contributed by atoms with Gasteiger partial charge in [0.05, 0.1) is 17.5 Å². The van der Waals surface area contributed by atoms with Gasteiger partial charge >= 0.3 is 6.36 Å². The highest BCUT2D eigenvalue weighted by atomic mass is 32.2. The van der Waals surface area contributed by atoms with Crippen LogP contribution in [0.2, 0.25) is 0 Å². The number of ether oxygens (including phenoxy) is 1. The van der Waals surface area contributed by atoms with Crippen molar-refractivity contribution in [3.05, 3.63) is 29.8 Å². The first-order valence-electron chi connectivity index (χ1n) is 7.42. The number of carbonyl (C=O) groups excluding carboxylic acids is 1. The molecular formula is C15H20F3NO5S. The number of nitrogens with zero attached hydrogens (tertiary/aromatic N) is 1. The second-order valence-corrected chi connectivity index (χ2v) is 6.97. The summed E-state index contributed by atoms with van der Waals surface area (Å²) in [6.45, 7) is 3.27. The van der Waals surface area contributed by atoms with E-state index in [-0.39, 0.29) is 10.8 Å². The van der Waals surface area contributed by atoms with Crippen LogP contribution in [0.1, 0.15) is 25.3 Å². The van der Waals surface area contributed by atoms with E-state index in [1.54, 1.807) is 12.1 Å². The van der Waals surface area contributed by atoms with E-state index in [0.29, 0.717) is 13.0 Å². The number of aryl methyl sites for hydroxylation is 1. The molecule has 1 amide bonds. The molecule has 1 heterocycles. The molecule has 1 N–H and O–H groups in total. The molecule has 1 fully saturated rings. The van der Waals surface area contributed by atoms with Crippen LogP contribution < -0.4 is 0 Å². The molecule has 25 heavy (non-hydrogen) atoms. The van der Waals surface area contributed by atoms with E-state index in [1.807, 2.05) is 6.92 Å². The predicted molar refractivity (Wildman–Crippen MR) is 83.4 cm³/mol. The van der Waals surface area contributed by atoms with Crippen LogP contribution in [0.25, 0.3) is 0 Å². The summed E-state index contributed by atoms with van der Waals surface area (Å²) in [7, 11) is -4.02. The van der Waals surface area contributed by atoms with Gasteiger partial charge in [-0.3, -0.25) is 14.1 Å². The third kappa shape index (κ3) is 7.84. The van der Waals surface area contributed by atoms with Gasteiger partial charge in [0.15, 0.2) is 0 Å². The molecule has 1 saturated heterocycles. The maximum atomic E-state index is 11.7. The summed E-state index contributed by atoms with van der Waals surface area (Å²) >= 11 is 0. The highest BCUT2D eigenvalue weighted by molar-refractivity contribution is 7.85. The Morgan fingerprint density at radius 3 is 2.32 bits per heavy atom.